The molecule has 1 aromatic carbocycles. The average molecular weight is 334 g/mol. The Bertz CT molecular complexity index is 1040. The van der Waals surface area contributed by atoms with E-state index < -0.39 is 5.91 Å². The second-order valence-corrected chi connectivity index (χ2v) is 5.44. The van der Waals surface area contributed by atoms with E-state index in [1.54, 1.807) is 23.3 Å². The molecule has 3 aromatic heterocycles. The normalized spacial score (nSPS) is 10.9. The van der Waals surface area contributed by atoms with Gasteiger partial charge in [0.2, 0.25) is 11.8 Å². The molecule has 0 unspecified atom stereocenters. The van der Waals surface area contributed by atoms with Crippen LogP contribution in [0.15, 0.2) is 48.9 Å². The summed E-state index contributed by atoms with van der Waals surface area (Å²) in [7, 11) is 0. The van der Waals surface area contributed by atoms with Gasteiger partial charge in [-0.2, -0.15) is 4.98 Å². The van der Waals surface area contributed by atoms with Crippen molar-refractivity contribution < 1.29 is 4.79 Å². The second-order valence-electron chi connectivity index (χ2n) is 5.44. The lowest BCUT2D eigenvalue weighted by molar-refractivity contribution is 0.101. The zero-order chi connectivity index (χ0) is 17.2. The number of aryl methyl sites for hydroxylation is 1. The molecule has 1 N–H and O–H groups in total. The molecule has 4 aromatic rings. The van der Waals surface area contributed by atoms with Crippen molar-refractivity contribution in [3.05, 3.63) is 66.0 Å². The summed E-state index contributed by atoms with van der Waals surface area (Å²) in [6.07, 6.45) is 3.18. The minimum atomic E-state index is -0.484. The maximum Gasteiger partial charge on any atom is 0.297 e. The number of anilines is 1. The van der Waals surface area contributed by atoms with Gasteiger partial charge in [-0.3, -0.25) is 10.1 Å². The van der Waals surface area contributed by atoms with Crippen molar-refractivity contribution >= 4 is 17.6 Å². The van der Waals surface area contributed by atoms with E-state index in [0.29, 0.717) is 12.3 Å². The van der Waals surface area contributed by atoms with Crippen molar-refractivity contribution in [2.75, 3.05) is 5.32 Å². The summed E-state index contributed by atoms with van der Waals surface area (Å²) >= 11 is 0. The number of aromatic nitrogens is 7. The number of benzene rings is 1. The molecule has 25 heavy (non-hydrogen) atoms. The number of nitrogens with zero attached hydrogens (tertiary/aromatic N) is 7. The summed E-state index contributed by atoms with van der Waals surface area (Å²) < 4.78 is 3.16. The molecule has 9 nitrogen and oxygen atoms in total. The van der Waals surface area contributed by atoms with Gasteiger partial charge in [-0.15, -0.1) is 10.2 Å². The number of rotatable bonds is 4. The average Bonchev–Trinajstić information content (AvgIpc) is 3.23. The summed E-state index contributed by atoms with van der Waals surface area (Å²) in [4.78, 5) is 24.6. The van der Waals surface area contributed by atoms with Crippen LogP contribution in [0.25, 0.3) is 5.78 Å². The summed E-state index contributed by atoms with van der Waals surface area (Å²) in [5.41, 5.74) is 1.93. The van der Waals surface area contributed by atoms with E-state index in [1.165, 1.54) is 4.52 Å². The molecule has 9 heteroatoms. The molecule has 1 amide bonds. The minimum absolute atomic E-state index is 0.0150. The third-order valence-electron chi connectivity index (χ3n) is 3.58. The Hall–Kier alpha value is -3.62. The number of hydrogen-bond donors (Lipinski definition) is 1. The van der Waals surface area contributed by atoms with Gasteiger partial charge in [-0.25, -0.2) is 19.2 Å². The molecular formula is C16H14N8O. The van der Waals surface area contributed by atoms with E-state index in [9.17, 15) is 4.79 Å². The highest BCUT2D eigenvalue weighted by atomic mass is 16.2. The van der Waals surface area contributed by atoms with Crippen LogP contribution in [0.4, 0.5) is 5.95 Å². The first-order valence-electron chi connectivity index (χ1n) is 7.62. The van der Waals surface area contributed by atoms with Gasteiger partial charge in [0.1, 0.15) is 6.33 Å². The zero-order valence-corrected chi connectivity index (χ0v) is 13.4. The van der Waals surface area contributed by atoms with Crippen molar-refractivity contribution in [2.24, 2.45) is 0 Å². The predicted molar refractivity (Wildman–Crippen MR) is 89.0 cm³/mol. The topological polar surface area (TPSA) is 103 Å². The molecule has 0 fully saturated rings. The fourth-order valence-corrected chi connectivity index (χ4v) is 2.36. The molecule has 0 radical (unpaired) electrons. The molecule has 0 spiro atoms. The first-order chi connectivity index (χ1) is 12.2. The Kier molecular flexibility index (Phi) is 3.65. The number of nitrogens with one attached hydrogen (secondary N) is 1. The van der Waals surface area contributed by atoms with E-state index in [-0.39, 0.29) is 11.8 Å². The lowest BCUT2D eigenvalue weighted by Gasteiger charge is -2.00. The monoisotopic (exact) mass is 334 g/mol. The van der Waals surface area contributed by atoms with Crippen LogP contribution >= 0.6 is 0 Å². The van der Waals surface area contributed by atoms with Gasteiger partial charge in [0, 0.05) is 11.9 Å². The summed E-state index contributed by atoms with van der Waals surface area (Å²) in [6, 6.07) is 11.6. The predicted octanol–water partition coefficient (Wildman–Crippen LogP) is 1.32. The van der Waals surface area contributed by atoms with E-state index in [4.69, 9.17) is 0 Å². The molecule has 0 saturated carbocycles. The van der Waals surface area contributed by atoms with Crippen LogP contribution in [0, 0.1) is 6.92 Å². The fourth-order valence-electron chi connectivity index (χ4n) is 2.36. The number of carbonyl (C=O) groups excluding carboxylic acids is 1. The number of hydrogen-bond acceptors (Lipinski definition) is 6. The van der Waals surface area contributed by atoms with Gasteiger partial charge in [0.05, 0.1) is 6.54 Å². The Morgan fingerprint density at radius 3 is 2.76 bits per heavy atom. The molecule has 0 atom stereocenters. The highest BCUT2D eigenvalue weighted by molar-refractivity contribution is 6.00. The van der Waals surface area contributed by atoms with Gasteiger partial charge in [0.15, 0.2) is 0 Å². The largest absolute Gasteiger partial charge is 0.297 e. The van der Waals surface area contributed by atoms with Crippen LogP contribution in [0.2, 0.25) is 0 Å². The molecule has 0 aliphatic heterocycles. The van der Waals surface area contributed by atoms with Gasteiger partial charge in [-0.1, -0.05) is 30.3 Å². The van der Waals surface area contributed by atoms with Crippen LogP contribution in [-0.2, 0) is 6.54 Å². The third kappa shape index (κ3) is 3.07. The SMILES string of the molecule is Cc1ccnc2nc(C(=O)Nc3ncn(Cc4ccccc4)n3)nn12. The van der Waals surface area contributed by atoms with Crippen LogP contribution in [0.3, 0.4) is 0 Å². The fraction of sp³-hybridized carbons (Fsp3) is 0.125. The minimum Gasteiger partial charge on any atom is -0.286 e. The lowest BCUT2D eigenvalue weighted by Crippen LogP contribution is -2.15. The maximum absolute atomic E-state index is 12.3. The van der Waals surface area contributed by atoms with E-state index >= 15 is 0 Å². The first-order valence-corrected chi connectivity index (χ1v) is 7.62. The molecule has 0 bridgehead atoms. The summed E-state index contributed by atoms with van der Waals surface area (Å²) in [6.45, 7) is 2.43. The smallest absolute Gasteiger partial charge is 0.286 e. The van der Waals surface area contributed by atoms with Crippen molar-refractivity contribution in [1.82, 2.24) is 34.3 Å². The van der Waals surface area contributed by atoms with Crippen molar-refractivity contribution in [2.45, 2.75) is 13.5 Å². The number of amides is 1. The summed E-state index contributed by atoms with van der Waals surface area (Å²) in [5.74, 6) is 0.0979. The molecular weight excluding hydrogens is 320 g/mol. The van der Waals surface area contributed by atoms with Crippen molar-refractivity contribution in [1.29, 1.82) is 0 Å². The molecule has 3 heterocycles. The van der Waals surface area contributed by atoms with Gasteiger partial charge in [0.25, 0.3) is 11.7 Å². The Morgan fingerprint density at radius 2 is 1.96 bits per heavy atom. The second kappa shape index (κ2) is 6.11. The Morgan fingerprint density at radius 1 is 1.12 bits per heavy atom. The third-order valence-corrected chi connectivity index (χ3v) is 3.58. The Labute approximate surface area is 142 Å². The van der Waals surface area contributed by atoms with Crippen LogP contribution in [-0.4, -0.2) is 40.3 Å². The van der Waals surface area contributed by atoms with Gasteiger partial charge in [-0.05, 0) is 18.6 Å². The van der Waals surface area contributed by atoms with E-state index in [0.717, 1.165) is 11.3 Å². The highest BCUT2D eigenvalue weighted by Crippen LogP contribution is 2.06. The molecule has 0 aliphatic rings. The number of fused-ring (bicyclic) bond motifs is 1. The molecule has 124 valence electrons. The quantitative estimate of drug-likeness (QED) is 0.604. The standard InChI is InChI=1S/C16H14N8O/c1-11-7-8-17-16-19-13(21-24(11)16)14(25)20-15-18-10-23(22-15)9-12-5-3-2-4-6-12/h2-8,10H,9H2,1H3,(H,20,22,25). The summed E-state index contributed by atoms with van der Waals surface area (Å²) in [5, 5.41) is 11.0. The first kappa shape index (κ1) is 14.9. The lowest BCUT2D eigenvalue weighted by atomic mass is 10.2. The van der Waals surface area contributed by atoms with Crippen LogP contribution in [0.5, 0.6) is 0 Å². The van der Waals surface area contributed by atoms with E-state index in [1.807, 2.05) is 37.3 Å². The van der Waals surface area contributed by atoms with Gasteiger partial charge < -0.3 is 0 Å². The van der Waals surface area contributed by atoms with Crippen LogP contribution < -0.4 is 5.32 Å². The molecule has 0 saturated heterocycles. The number of carbonyl (C=O) groups is 1. The molecule has 0 aliphatic carbocycles. The molecule has 4 rings (SSSR count). The van der Waals surface area contributed by atoms with Crippen molar-refractivity contribution in [3.63, 3.8) is 0 Å². The van der Waals surface area contributed by atoms with Crippen molar-refractivity contribution in [3.8, 4) is 0 Å². The van der Waals surface area contributed by atoms with Gasteiger partial charge >= 0.3 is 0 Å². The van der Waals surface area contributed by atoms with Crippen LogP contribution in [0.1, 0.15) is 21.9 Å². The Balaban J connectivity index is 1.50. The maximum atomic E-state index is 12.3. The highest BCUT2D eigenvalue weighted by Gasteiger charge is 2.16. The zero-order valence-electron chi connectivity index (χ0n) is 13.4. The van der Waals surface area contributed by atoms with E-state index in [2.05, 4.69) is 30.5 Å².